The van der Waals surface area contributed by atoms with Crippen molar-refractivity contribution in [3.63, 3.8) is 0 Å². The number of aromatic hydroxyl groups is 1. The molecule has 4 N–H and O–H groups in total. The van der Waals surface area contributed by atoms with Gasteiger partial charge in [0.2, 0.25) is 5.91 Å². The van der Waals surface area contributed by atoms with Gasteiger partial charge in [0, 0.05) is 6.42 Å². The average molecular weight is 333 g/mol. The molecule has 0 saturated carbocycles. The highest BCUT2D eigenvalue weighted by Crippen LogP contribution is 2.23. The maximum Gasteiger partial charge on any atom is 0.318 e. The van der Waals surface area contributed by atoms with Crippen LogP contribution in [0.2, 0.25) is 0 Å². The number of nitrogens with zero attached hydrogens (tertiary/aromatic N) is 1. The van der Waals surface area contributed by atoms with E-state index in [4.69, 9.17) is 5.73 Å². The highest BCUT2D eigenvalue weighted by molar-refractivity contribution is 5.93. The second-order valence-corrected chi connectivity index (χ2v) is 6.51. The number of nitrogens with two attached hydrogens (primary N) is 1. The molecule has 1 aromatic carbocycles. The zero-order valence-electron chi connectivity index (χ0n) is 14.0. The fourth-order valence-corrected chi connectivity index (χ4v) is 3.20. The standard InChI is InChI=1S/C18H27N3O3/c19-18(24)20-17(23)2-1-11-21-12-9-15(10-13-21)4-3-14-5-7-16(22)8-6-14/h5-8,15,22H,1-4,9-13H2,(H3,19,20,23,24). The Labute approximate surface area is 143 Å². The minimum atomic E-state index is -0.783. The molecule has 24 heavy (non-hydrogen) atoms. The minimum absolute atomic E-state index is 0.300. The molecule has 0 aliphatic carbocycles. The Balaban J connectivity index is 1.58. The topological polar surface area (TPSA) is 95.7 Å². The number of carbonyl (C=O) groups excluding carboxylic acids is 2. The lowest BCUT2D eigenvalue weighted by Gasteiger charge is -2.32. The normalized spacial score (nSPS) is 16.0. The van der Waals surface area contributed by atoms with E-state index >= 15 is 0 Å². The maximum absolute atomic E-state index is 11.3. The summed E-state index contributed by atoms with van der Waals surface area (Å²) in [4.78, 5) is 24.3. The molecular weight excluding hydrogens is 306 g/mol. The smallest absolute Gasteiger partial charge is 0.318 e. The molecule has 0 bridgehead atoms. The summed E-state index contributed by atoms with van der Waals surface area (Å²) < 4.78 is 0. The van der Waals surface area contributed by atoms with Crippen molar-refractivity contribution in [3.8, 4) is 5.75 Å². The molecular formula is C18H27N3O3. The Hall–Kier alpha value is -2.08. The van der Waals surface area contributed by atoms with Crippen molar-refractivity contribution >= 4 is 11.9 Å². The lowest BCUT2D eigenvalue weighted by atomic mass is 9.90. The van der Waals surface area contributed by atoms with Crippen LogP contribution in [0.5, 0.6) is 5.75 Å². The van der Waals surface area contributed by atoms with Crippen LogP contribution < -0.4 is 11.1 Å². The largest absolute Gasteiger partial charge is 0.508 e. The van der Waals surface area contributed by atoms with E-state index in [1.807, 2.05) is 12.1 Å². The summed E-state index contributed by atoms with van der Waals surface area (Å²) in [5, 5.41) is 11.4. The van der Waals surface area contributed by atoms with Gasteiger partial charge in [0.15, 0.2) is 0 Å². The third-order valence-electron chi connectivity index (χ3n) is 4.63. The number of hydrogen-bond acceptors (Lipinski definition) is 4. The van der Waals surface area contributed by atoms with Crippen LogP contribution in [0.4, 0.5) is 4.79 Å². The molecule has 0 spiro atoms. The fraction of sp³-hybridized carbons (Fsp3) is 0.556. The van der Waals surface area contributed by atoms with Crippen molar-refractivity contribution in [2.24, 2.45) is 11.7 Å². The second-order valence-electron chi connectivity index (χ2n) is 6.51. The van der Waals surface area contributed by atoms with E-state index in [-0.39, 0.29) is 5.91 Å². The average Bonchev–Trinajstić information content (AvgIpc) is 2.55. The lowest BCUT2D eigenvalue weighted by molar-refractivity contribution is -0.120. The van der Waals surface area contributed by atoms with Gasteiger partial charge in [-0.3, -0.25) is 10.1 Å². The van der Waals surface area contributed by atoms with Gasteiger partial charge >= 0.3 is 6.03 Å². The summed E-state index contributed by atoms with van der Waals surface area (Å²) >= 11 is 0. The highest BCUT2D eigenvalue weighted by Gasteiger charge is 2.19. The van der Waals surface area contributed by atoms with Crippen molar-refractivity contribution in [2.75, 3.05) is 19.6 Å². The number of primary amides is 1. The van der Waals surface area contributed by atoms with Gasteiger partial charge in [-0.1, -0.05) is 12.1 Å². The van der Waals surface area contributed by atoms with E-state index in [0.717, 1.165) is 38.4 Å². The Morgan fingerprint density at radius 2 is 1.88 bits per heavy atom. The summed E-state index contributed by atoms with van der Waals surface area (Å²) in [7, 11) is 0. The summed E-state index contributed by atoms with van der Waals surface area (Å²) in [5.74, 6) is 0.760. The number of phenolic OH excluding ortho intramolecular Hbond substituents is 1. The number of urea groups is 1. The van der Waals surface area contributed by atoms with Crippen LogP contribution in [0.1, 0.15) is 37.7 Å². The summed E-state index contributed by atoms with van der Waals surface area (Å²) in [6.07, 6.45) is 5.69. The van der Waals surface area contributed by atoms with Gasteiger partial charge in [-0.05, 0) is 75.4 Å². The van der Waals surface area contributed by atoms with Crippen molar-refractivity contribution in [1.29, 1.82) is 0 Å². The Morgan fingerprint density at radius 3 is 2.50 bits per heavy atom. The summed E-state index contributed by atoms with van der Waals surface area (Å²) in [6, 6.07) is 6.68. The van der Waals surface area contributed by atoms with Gasteiger partial charge in [-0.25, -0.2) is 4.79 Å². The number of carbonyl (C=O) groups is 2. The molecule has 2 rings (SSSR count). The van der Waals surface area contributed by atoms with Crippen molar-refractivity contribution in [3.05, 3.63) is 29.8 Å². The quantitative estimate of drug-likeness (QED) is 0.711. The number of amides is 3. The first-order valence-corrected chi connectivity index (χ1v) is 8.62. The van der Waals surface area contributed by atoms with Crippen molar-refractivity contribution < 1.29 is 14.7 Å². The van der Waals surface area contributed by atoms with Crippen LogP contribution in [0.3, 0.4) is 0 Å². The second kappa shape index (κ2) is 9.27. The number of likely N-dealkylation sites (tertiary alicyclic amines) is 1. The number of piperidine rings is 1. The van der Waals surface area contributed by atoms with Crippen LogP contribution in [0.25, 0.3) is 0 Å². The predicted molar refractivity (Wildman–Crippen MR) is 92.6 cm³/mol. The van der Waals surface area contributed by atoms with Crippen LogP contribution >= 0.6 is 0 Å². The highest BCUT2D eigenvalue weighted by atomic mass is 16.3. The van der Waals surface area contributed by atoms with E-state index in [1.165, 1.54) is 24.8 Å². The zero-order valence-corrected chi connectivity index (χ0v) is 14.0. The molecule has 3 amide bonds. The van der Waals surface area contributed by atoms with Gasteiger partial charge in [0.1, 0.15) is 5.75 Å². The van der Waals surface area contributed by atoms with Crippen LogP contribution in [-0.2, 0) is 11.2 Å². The Morgan fingerprint density at radius 1 is 1.21 bits per heavy atom. The Kier molecular flexibility index (Phi) is 7.06. The molecule has 0 radical (unpaired) electrons. The maximum atomic E-state index is 11.3. The number of aryl methyl sites for hydroxylation is 1. The van der Waals surface area contributed by atoms with Gasteiger partial charge in [-0.15, -0.1) is 0 Å². The van der Waals surface area contributed by atoms with Gasteiger partial charge in [0.05, 0.1) is 0 Å². The van der Waals surface area contributed by atoms with E-state index < -0.39 is 6.03 Å². The van der Waals surface area contributed by atoms with Gasteiger partial charge in [-0.2, -0.15) is 0 Å². The molecule has 0 atom stereocenters. The van der Waals surface area contributed by atoms with E-state index in [0.29, 0.717) is 12.2 Å². The van der Waals surface area contributed by atoms with E-state index in [2.05, 4.69) is 10.2 Å². The SMILES string of the molecule is NC(=O)NC(=O)CCCN1CCC(CCc2ccc(O)cc2)CC1. The number of benzene rings is 1. The van der Waals surface area contributed by atoms with Crippen LogP contribution in [-0.4, -0.2) is 41.6 Å². The number of hydrogen-bond donors (Lipinski definition) is 3. The molecule has 1 aromatic rings. The molecule has 1 heterocycles. The third kappa shape index (κ3) is 6.58. The monoisotopic (exact) mass is 333 g/mol. The molecule has 0 unspecified atom stereocenters. The Bertz CT molecular complexity index is 537. The van der Waals surface area contributed by atoms with E-state index in [9.17, 15) is 14.7 Å². The molecule has 1 aliphatic rings. The van der Waals surface area contributed by atoms with Gasteiger partial charge < -0.3 is 15.7 Å². The fourth-order valence-electron chi connectivity index (χ4n) is 3.20. The first-order valence-electron chi connectivity index (χ1n) is 8.62. The molecule has 1 fully saturated rings. The summed E-state index contributed by atoms with van der Waals surface area (Å²) in [6.45, 7) is 3.02. The number of nitrogens with one attached hydrogen (secondary N) is 1. The number of imide groups is 1. The predicted octanol–water partition coefficient (Wildman–Crippen LogP) is 2.01. The first kappa shape index (κ1) is 18.3. The number of phenols is 1. The molecule has 1 aliphatic heterocycles. The lowest BCUT2D eigenvalue weighted by Crippen LogP contribution is -2.37. The first-order chi connectivity index (χ1) is 11.5. The molecule has 0 aromatic heterocycles. The molecule has 132 valence electrons. The molecule has 1 saturated heterocycles. The molecule has 6 heteroatoms. The number of rotatable bonds is 7. The van der Waals surface area contributed by atoms with E-state index in [1.54, 1.807) is 12.1 Å². The van der Waals surface area contributed by atoms with Crippen LogP contribution in [0, 0.1) is 5.92 Å². The third-order valence-corrected chi connectivity index (χ3v) is 4.63. The van der Waals surface area contributed by atoms with Crippen molar-refractivity contribution in [1.82, 2.24) is 10.2 Å². The molecule has 6 nitrogen and oxygen atoms in total. The van der Waals surface area contributed by atoms with Gasteiger partial charge in [0.25, 0.3) is 0 Å². The van der Waals surface area contributed by atoms with Crippen LogP contribution in [0.15, 0.2) is 24.3 Å². The minimum Gasteiger partial charge on any atom is -0.508 e. The van der Waals surface area contributed by atoms with Crippen molar-refractivity contribution in [2.45, 2.75) is 38.5 Å². The summed E-state index contributed by atoms with van der Waals surface area (Å²) in [5.41, 5.74) is 6.18. The zero-order chi connectivity index (χ0) is 17.4.